The SMILES string of the molecule is Cc1c(N)nc(C2CC2)nc1N1CCCN(C)C(=O)C1. The molecule has 1 aliphatic carbocycles. The zero-order valence-corrected chi connectivity index (χ0v) is 12.1. The number of aromatic nitrogens is 2. The van der Waals surface area contributed by atoms with Crippen molar-refractivity contribution in [1.82, 2.24) is 14.9 Å². The molecular weight excluding hydrogens is 254 g/mol. The molecule has 0 unspecified atom stereocenters. The van der Waals surface area contributed by atoms with Crippen LogP contribution in [0.3, 0.4) is 0 Å². The van der Waals surface area contributed by atoms with Crippen LogP contribution in [-0.4, -0.2) is 47.5 Å². The van der Waals surface area contributed by atoms with Crippen LogP contribution in [0.4, 0.5) is 11.6 Å². The third kappa shape index (κ3) is 2.42. The molecule has 1 aromatic rings. The molecule has 108 valence electrons. The van der Waals surface area contributed by atoms with Gasteiger partial charge in [0, 0.05) is 31.6 Å². The van der Waals surface area contributed by atoms with Crippen LogP contribution < -0.4 is 10.6 Å². The van der Waals surface area contributed by atoms with Crippen molar-refractivity contribution in [2.24, 2.45) is 0 Å². The third-order valence-electron chi connectivity index (χ3n) is 4.09. The number of anilines is 2. The molecule has 0 bridgehead atoms. The fourth-order valence-electron chi connectivity index (χ4n) is 2.54. The Labute approximate surface area is 119 Å². The van der Waals surface area contributed by atoms with E-state index in [1.165, 1.54) is 0 Å². The molecule has 6 heteroatoms. The molecule has 2 fully saturated rings. The number of nitrogen functional groups attached to an aromatic ring is 1. The van der Waals surface area contributed by atoms with E-state index in [2.05, 4.69) is 9.97 Å². The lowest BCUT2D eigenvalue weighted by Gasteiger charge is -2.23. The van der Waals surface area contributed by atoms with E-state index in [9.17, 15) is 4.79 Å². The summed E-state index contributed by atoms with van der Waals surface area (Å²) in [6, 6.07) is 0. The first kappa shape index (κ1) is 13.1. The first-order chi connectivity index (χ1) is 9.56. The van der Waals surface area contributed by atoms with Crippen LogP contribution in [0.1, 0.15) is 36.6 Å². The van der Waals surface area contributed by atoms with E-state index in [0.717, 1.165) is 49.6 Å². The van der Waals surface area contributed by atoms with Gasteiger partial charge in [-0.2, -0.15) is 0 Å². The van der Waals surface area contributed by atoms with Crippen LogP contribution in [0, 0.1) is 6.92 Å². The molecule has 1 aromatic heterocycles. The summed E-state index contributed by atoms with van der Waals surface area (Å²) in [5, 5.41) is 0. The number of rotatable bonds is 2. The highest BCUT2D eigenvalue weighted by atomic mass is 16.2. The lowest BCUT2D eigenvalue weighted by atomic mass is 10.2. The Morgan fingerprint density at radius 1 is 1.25 bits per heavy atom. The second-order valence-electron chi connectivity index (χ2n) is 5.78. The topological polar surface area (TPSA) is 75.3 Å². The first-order valence-corrected chi connectivity index (χ1v) is 7.19. The number of likely N-dealkylation sites (N-methyl/N-ethyl adjacent to an activating group) is 1. The Hall–Kier alpha value is -1.85. The molecule has 0 atom stereocenters. The molecule has 2 aliphatic rings. The van der Waals surface area contributed by atoms with Crippen LogP contribution in [0.15, 0.2) is 0 Å². The van der Waals surface area contributed by atoms with Gasteiger partial charge in [-0.25, -0.2) is 9.97 Å². The molecule has 0 spiro atoms. The van der Waals surface area contributed by atoms with Gasteiger partial charge in [-0.1, -0.05) is 0 Å². The highest BCUT2D eigenvalue weighted by Crippen LogP contribution is 2.39. The minimum absolute atomic E-state index is 0.132. The number of amides is 1. The Kier molecular flexibility index (Phi) is 3.23. The lowest BCUT2D eigenvalue weighted by molar-refractivity contribution is -0.127. The molecule has 0 radical (unpaired) electrons. The maximum absolute atomic E-state index is 12.0. The quantitative estimate of drug-likeness (QED) is 0.868. The molecule has 1 saturated heterocycles. The largest absolute Gasteiger partial charge is 0.383 e. The van der Waals surface area contributed by atoms with Gasteiger partial charge in [-0.15, -0.1) is 0 Å². The van der Waals surface area contributed by atoms with Crippen LogP contribution in [0.2, 0.25) is 0 Å². The van der Waals surface area contributed by atoms with Crippen LogP contribution in [-0.2, 0) is 4.79 Å². The van der Waals surface area contributed by atoms with Crippen molar-refractivity contribution in [2.75, 3.05) is 37.3 Å². The van der Waals surface area contributed by atoms with Crippen LogP contribution in [0.5, 0.6) is 0 Å². The summed E-state index contributed by atoms with van der Waals surface area (Å²) in [5.41, 5.74) is 6.90. The van der Waals surface area contributed by atoms with Gasteiger partial charge in [0.25, 0.3) is 0 Å². The summed E-state index contributed by atoms with van der Waals surface area (Å²) in [4.78, 5) is 24.9. The van der Waals surface area contributed by atoms with E-state index in [1.54, 1.807) is 4.90 Å². The highest BCUT2D eigenvalue weighted by Gasteiger charge is 2.29. The van der Waals surface area contributed by atoms with Gasteiger partial charge < -0.3 is 15.5 Å². The van der Waals surface area contributed by atoms with Gasteiger partial charge in [0.2, 0.25) is 5.91 Å². The minimum Gasteiger partial charge on any atom is -0.383 e. The van der Waals surface area contributed by atoms with Crippen molar-refractivity contribution < 1.29 is 4.79 Å². The minimum atomic E-state index is 0.132. The molecule has 1 aliphatic heterocycles. The molecule has 6 nitrogen and oxygen atoms in total. The summed E-state index contributed by atoms with van der Waals surface area (Å²) < 4.78 is 0. The van der Waals surface area contributed by atoms with E-state index >= 15 is 0 Å². The second kappa shape index (κ2) is 4.92. The maximum Gasteiger partial charge on any atom is 0.241 e. The van der Waals surface area contributed by atoms with Crippen molar-refractivity contribution in [3.05, 3.63) is 11.4 Å². The Morgan fingerprint density at radius 3 is 2.70 bits per heavy atom. The van der Waals surface area contributed by atoms with Crippen molar-refractivity contribution in [3.63, 3.8) is 0 Å². The van der Waals surface area contributed by atoms with Crippen LogP contribution in [0.25, 0.3) is 0 Å². The van der Waals surface area contributed by atoms with E-state index in [1.807, 2.05) is 18.9 Å². The number of hydrogen-bond donors (Lipinski definition) is 1. The van der Waals surface area contributed by atoms with E-state index in [0.29, 0.717) is 18.3 Å². The second-order valence-corrected chi connectivity index (χ2v) is 5.78. The molecule has 2 N–H and O–H groups in total. The van der Waals surface area contributed by atoms with Gasteiger partial charge in [-0.05, 0) is 26.2 Å². The third-order valence-corrected chi connectivity index (χ3v) is 4.09. The summed E-state index contributed by atoms with van der Waals surface area (Å²) in [6.45, 7) is 3.93. The Balaban J connectivity index is 1.93. The molecule has 0 aromatic carbocycles. The first-order valence-electron chi connectivity index (χ1n) is 7.19. The van der Waals surface area contributed by atoms with Gasteiger partial charge in [-0.3, -0.25) is 4.79 Å². The molecule has 20 heavy (non-hydrogen) atoms. The zero-order valence-electron chi connectivity index (χ0n) is 12.1. The van der Waals surface area contributed by atoms with Crippen molar-refractivity contribution in [2.45, 2.75) is 32.1 Å². The zero-order chi connectivity index (χ0) is 14.3. The number of carbonyl (C=O) groups is 1. The average Bonchev–Trinajstić information content (AvgIpc) is 3.24. The average molecular weight is 275 g/mol. The van der Waals surface area contributed by atoms with Gasteiger partial charge >= 0.3 is 0 Å². The van der Waals surface area contributed by atoms with E-state index in [-0.39, 0.29) is 5.91 Å². The molecule has 1 amide bonds. The lowest BCUT2D eigenvalue weighted by Crippen LogP contribution is -2.35. The van der Waals surface area contributed by atoms with Crippen molar-refractivity contribution >= 4 is 17.5 Å². The predicted octanol–water partition coefficient (Wildman–Crippen LogP) is 0.913. The number of carbonyl (C=O) groups excluding carboxylic acids is 1. The highest BCUT2D eigenvalue weighted by molar-refractivity contribution is 5.81. The van der Waals surface area contributed by atoms with Crippen molar-refractivity contribution in [3.8, 4) is 0 Å². The van der Waals surface area contributed by atoms with Crippen molar-refractivity contribution in [1.29, 1.82) is 0 Å². The summed E-state index contributed by atoms with van der Waals surface area (Å²) in [7, 11) is 1.85. The molecule has 2 heterocycles. The summed E-state index contributed by atoms with van der Waals surface area (Å²) >= 11 is 0. The fraction of sp³-hybridized carbons (Fsp3) is 0.643. The van der Waals surface area contributed by atoms with E-state index < -0.39 is 0 Å². The fourth-order valence-corrected chi connectivity index (χ4v) is 2.54. The summed E-state index contributed by atoms with van der Waals surface area (Å²) in [6.07, 6.45) is 3.23. The van der Waals surface area contributed by atoms with Gasteiger partial charge in [0.1, 0.15) is 17.5 Å². The van der Waals surface area contributed by atoms with Crippen LogP contribution >= 0.6 is 0 Å². The number of nitrogens with zero attached hydrogens (tertiary/aromatic N) is 4. The molecule has 3 rings (SSSR count). The monoisotopic (exact) mass is 275 g/mol. The standard InChI is InChI=1S/C14H21N5O/c1-9-12(15)16-13(10-4-5-10)17-14(9)19-7-3-6-18(2)11(20)8-19/h10H,3-8H2,1-2H3,(H2,15,16,17). The van der Waals surface area contributed by atoms with Gasteiger partial charge in [0.05, 0.1) is 6.54 Å². The molecular formula is C14H21N5O. The Morgan fingerprint density at radius 2 is 2.00 bits per heavy atom. The molecule has 1 saturated carbocycles. The smallest absolute Gasteiger partial charge is 0.241 e. The van der Waals surface area contributed by atoms with Gasteiger partial charge in [0.15, 0.2) is 0 Å². The van der Waals surface area contributed by atoms with E-state index in [4.69, 9.17) is 5.73 Å². The summed E-state index contributed by atoms with van der Waals surface area (Å²) in [5.74, 6) is 2.81. The normalized spacial score (nSPS) is 20.2. The Bertz CT molecular complexity index is 541. The number of hydrogen-bond acceptors (Lipinski definition) is 5. The maximum atomic E-state index is 12.0. The number of nitrogens with two attached hydrogens (primary N) is 1. The predicted molar refractivity (Wildman–Crippen MR) is 77.6 cm³/mol.